The summed E-state index contributed by atoms with van der Waals surface area (Å²) in [7, 11) is 1.60. The van der Waals surface area contributed by atoms with Gasteiger partial charge in [-0.1, -0.05) is 41.6 Å². The summed E-state index contributed by atoms with van der Waals surface area (Å²) in [5, 5.41) is 1.13. The fourth-order valence-electron chi connectivity index (χ4n) is 2.23. The van der Waals surface area contributed by atoms with Crippen LogP contribution in [0.3, 0.4) is 0 Å². The van der Waals surface area contributed by atoms with Gasteiger partial charge in [0.25, 0.3) is 5.56 Å². The Morgan fingerprint density at radius 1 is 1.21 bits per heavy atom. The van der Waals surface area contributed by atoms with Gasteiger partial charge in [-0.05, 0) is 29.8 Å². The van der Waals surface area contributed by atoms with E-state index >= 15 is 0 Å². The fourth-order valence-corrected chi connectivity index (χ4v) is 3.29. The van der Waals surface area contributed by atoms with Crippen LogP contribution in [-0.4, -0.2) is 16.7 Å². The Hall–Kier alpha value is -2.24. The highest BCUT2D eigenvalue weighted by molar-refractivity contribution is 7.98. The predicted molar refractivity (Wildman–Crippen MR) is 97.4 cm³/mol. The molecule has 1 heterocycles. The lowest BCUT2D eigenvalue weighted by atomic mass is 10.2. The van der Waals surface area contributed by atoms with E-state index in [1.165, 1.54) is 11.8 Å². The van der Waals surface area contributed by atoms with E-state index in [2.05, 4.69) is 4.98 Å². The maximum Gasteiger partial charge on any atom is 0.287 e. The smallest absolute Gasteiger partial charge is 0.287 e. The van der Waals surface area contributed by atoms with Crippen LogP contribution in [0.25, 0.3) is 5.69 Å². The van der Waals surface area contributed by atoms with Crippen molar-refractivity contribution < 1.29 is 4.74 Å². The van der Waals surface area contributed by atoms with Gasteiger partial charge in [0.05, 0.1) is 12.8 Å². The topological polar surface area (TPSA) is 44.1 Å². The van der Waals surface area contributed by atoms with Gasteiger partial charge in [0, 0.05) is 29.2 Å². The summed E-state index contributed by atoms with van der Waals surface area (Å²) in [4.78, 5) is 16.9. The summed E-state index contributed by atoms with van der Waals surface area (Å²) in [5.74, 6) is 1.33. The third-order valence-corrected chi connectivity index (χ3v) is 4.67. The third kappa shape index (κ3) is 3.80. The minimum Gasteiger partial charge on any atom is -0.497 e. The first kappa shape index (κ1) is 16.6. The van der Waals surface area contributed by atoms with Gasteiger partial charge in [0.15, 0.2) is 5.03 Å². The molecule has 0 unspecified atom stereocenters. The number of thioether (sulfide) groups is 1. The Morgan fingerprint density at radius 3 is 2.83 bits per heavy atom. The van der Waals surface area contributed by atoms with Crippen molar-refractivity contribution in [3.8, 4) is 11.4 Å². The van der Waals surface area contributed by atoms with Crippen LogP contribution in [0.5, 0.6) is 5.75 Å². The zero-order valence-electron chi connectivity index (χ0n) is 13.0. The van der Waals surface area contributed by atoms with Gasteiger partial charge in [-0.2, -0.15) is 0 Å². The number of ether oxygens (including phenoxy) is 1. The minimum absolute atomic E-state index is 0.155. The number of aromatic nitrogens is 2. The number of hydrogen-bond donors (Lipinski definition) is 0. The van der Waals surface area contributed by atoms with E-state index in [0.29, 0.717) is 21.6 Å². The van der Waals surface area contributed by atoms with Crippen LogP contribution >= 0.6 is 23.4 Å². The number of rotatable bonds is 5. The summed E-state index contributed by atoms with van der Waals surface area (Å²) in [5.41, 5.74) is 1.63. The van der Waals surface area contributed by atoms with Crippen molar-refractivity contribution in [2.75, 3.05) is 7.11 Å². The van der Waals surface area contributed by atoms with Crippen molar-refractivity contribution in [2.24, 2.45) is 0 Å². The lowest BCUT2D eigenvalue weighted by molar-refractivity contribution is 0.414. The Balaban J connectivity index is 1.87. The van der Waals surface area contributed by atoms with Crippen molar-refractivity contribution in [3.05, 3.63) is 81.9 Å². The standard InChI is InChI=1S/C18H15ClN2O2S/c1-23-16-7-3-6-15(11-16)21-9-8-20-17(18(21)22)24-12-13-4-2-5-14(19)10-13/h2-11H,12H2,1H3. The molecule has 0 atom stereocenters. The van der Waals surface area contributed by atoms with Crippen molar-refractivity contribution in [1.29, 1.82) is 0 Å². The first-order valence-corrected chi connectivity index (χ1v) is 8.63. The second-order valence-electron chi connectivity index (χ2n) is 5.03. The number of benzene rings is 2. The lowest BCUT2D eigenvalue weighted by Gasteiger charge is -2.09. The number of nitrogens with zero attached hydrogens (tertiary/aromatic N) is 2. The monoisotopic (exact) mass is 358 g/mol. The molecule has 0 aliphatic heterocycles. The molecule has 0 spiro atoms. The molecule has 24 heavy (non-hydrogen) atoms. The van der Waals surface area contributed by atoms with E-state index in [0.717, 1.165) is 11.3 Å². The quantitative estimate of drug-likeness (QED) is 0.641. The van der Waals surface area contributed by atoms with Gasteiger partial charge < -0.3 is 4.74 Å². The van der Waals surface area contributed by atoms with Gasteiger partial charge in [-0.15, -0.1) is 0 Å². The Kier molecular flexibility index (Phi) is 5.23. The van der Waals surface area contributed by atoms with Crippen LogP contribution in [0, 0.1) is 0 Å². The summed E-state index contributed by atoms with van der Waals surface area (Å²) in [6.07, 6.45) is 3.28. The molecular weight excluding hydrogens is 344 g/mol. The first-order valence-electron chi connectivity index (χ1n) is 7.27. The molecule has 0 saturated heterocycles. The number of halogens is 1. The maximum absolute atomic E-state index is 12.7. The fraction of sp³-hybridized carbons (Fsp3) is 0.111. The van der Waals surface area contributed by atoms with Crippen LogP contribution in [-0.2, 0) is 5.75 Å². The molecule has 0 radical (unpaired) electrons. The molecule has 122 valence electrons. The summed E-state index contributed by atoms with van der Waals surface area (Å²) in [6, 6.07) is 14.9. The number of methoxy groups -OCH3 is 1. The Bertz CT molecular complexity index is 911. The molecule has 3 aromatic rings. The molecule has 0 saturated carbocycles. The third-order valence-electron chi connectivity index (χ3n) is 3.41. The van der Waals surface area contributed by atoms with E-state index in [4.69, 9.17) is 16.3 Å². The SMILES string of the molecule is COc1cccc(-n2ccnc(SCc3cccc(Cl)c3)c2=O)c1. The van der Waals surface area contributed by atoms with Crippen LogP contribution in [0.1, 0.15) is 5.56 Å². The molecule has 0 aliphatic carbocycles. The molecule has 4 nitrogen and oxygen atoms in total. The van der Waals surface area contributed by atoms with Crippen LogP contribution in [0.4, 0.5) is 0 Å². The van der Waals surface area contributed by atoms with Crippen LogP contribution < -0.4 is 10.3 Å². The normalized spacial score (nSPS) is 10.6. The highest BCUT2D eigenvalue weighted by atomic mass is 35.5. The van der Waals surface area contributed by atoms with Crippen molar-refractivity contribution in [1.82, 2.24) is 9.55 Å². The van der Waals surface area contributed by atoms with E-state index in [-0.39, 0.29) is 5.56 Å². The molecular formula is C18H15ClN2O2S. The summed E-state index contributed by atoms with van der Waals surface area (Å²) < 4.78 is 6.78. The van der Waals surface area contributed by atoms with Gasteiger partial charge in [-0.25, -0.2) is 4.98 Å². The van der Waals surface area contributed by atoms with Crippen LogP contribution in [0.15, 0.2) is 70.7 Å². The average Bonchev–Trinajstić information content (AvgIpc) is 2.61. The minimum atomic E-state index is -0.155. The molecule has 6 heteroatoms. The van der Waals surface area contributed by atoms with Gasteiger partial charge >= 0.3 is 0 Å². The molecule has 2 aromatic carbocycles. The second-order valence-corrected chi connectivity index (χ2v) is 6.43. The lowest BCUT2D eigenvalue weighted by Crippen LogP contribution is -2.20. The zero-order chi connectivity index (χ0) is 16.9. The van der Waals surface area contributed by atoms with E-state index < -0.39 is 0 Å². The average molecular weight is 359 g/mol. The molecule has 0 bridgehead atoms. The zero-order valence-corrected chi connectivity index (χ0v) is 14.6. The molecule has 0 aliphatic rings. The van der Waals surface area contributed by atoms with Crippen molar-refractivity contribution in [3.63, 3.8) is 0 Å². The van der Waals surface area contributed by atoms with Crippen molar-refractivity contribution in [2.45, 2.75) is 10.8 Å². The van der Waals surface area contributed by atoms with Gasteiger partial charge in [-0.3, -0.25) is 9.36 Å². The Morgan fingerprint density at radius 2 is 2.04 bits per heavy atom. The molecule has 0 N–H and O–H groups in total. The Labute approximate surface area is 149 Å². The van der Waals surface area contributed by atoms with Crippen molar-refractivity contribution >= 4 is 23.4 Å². The predicted octanol–water partition coefficient (Wildman–Crippen LogP) is 4.19. The van der Waals surface area contributed by atoms with E-state index in [9.17, 15) is 4.79 Å². The molecule has 0 amide bonds. The van der Waals surface area contributed by atoms with Gasteiger partial charge in [0.2, 0.25) is 0 Å². The number of hydrogen-bond acceptors (Lipinski definition) is 4. The second kappa shape index (κ2) is 7.55. The molecule has 0 fully saturated rings. The summed E-state index contributed by atoms with van der Waals surface area (Å²) >= 11 is 7.38. The highest BCUT2D eigenvalue weighted by Crippen LogP contribution is 2.21. The highest BCUT2D eigenvalue weighted by Gasteiger charge is 2.08. The van der Waals surface area contributed by atoms with E-state index in [1.807, 2.05) is 48.5 Å². The summed E-state index contributed by atoms with van der Waals surface area (Å²) in [6.45, 7) is 0. The maximum atomic E-state index is 12.7. The largest absolute Gasteiger partial charge is 0.497 e. The van der Waals surface area contributed by atoms with Gasteiger partial charge in [0.1, 0.15) is 5.75 Å². The van der Waals surface area contributed by atoms with Crippen LogP contribution in [0.2, 0.25) is 5.02 Å². The van der Waals surface area contributed by atoms with E-state index in [1.54, 1.807) is 24.1 Å². The molecule has 3 rings (SSSR count). The molecule has 1 aromatic heterocycles. The first-order chi connectivity index (χ1) is 11.7.